The Bertz CT molecular complexity index is 493. The molecular formula is C11H15N3S2. The van der Waals surface area contributed by atoms with Crippen LogP contribution < -0.4 is 5.32 Å². The molecule has 0 bridgehead atoms. The van der Waals surface area contributed by atoms with E-state index < -0.39 is 0 Å². The zero-order valence-electron chi connectivity index (χ0n) is 9.70. The fraction of sp³-hybridized carbons (Fsp3) is 0.455. The van der Waals surface area contributed by atoms with E-state index in [-0.39, 0.29) is 0 Å². The summed E-state index contributed by atoms with van der Waals surface area (Å²) in [4.78, 5) is 11.6. The topological polar surface area (TPSA) is 37.8 Å². The highest BCUT2D eigenvalue weighted by Crippen LogP contribution is 2.29. The lowest BCUT2D eigenvalue weighted by molar-refractivity contribution is 1.08. The van der Waals surface area contributed by atoms with Crippen molar-refractivity contribution in [2.24, 2.45) is 0 Å². The van der Waals surface area contributed by atoms with Crippen molar-refractivity contribution < 1.29 is 0 Å². The minimum atomic E-state index is 0.865. The molecule has 0 saturated carbocycles. The van der Waals surface area contributed by atoms with Crippen LogP contribution in [0.4, 0.5) is 5.82 Å². The maximum atomic E-state index is 4.59. The first-order valence-corrected chi connectivity index (χ1v) is 7.45. The summed E-state index contributed by atoms with van der Waals surface area (Å²) in [6.07, 6.45) is 3.13. The Morgan fingerprint density at radius 3 is 2.88 bits per heavy atom. The second-order valence-corrected chi connectivity index (χ2v) is 5.44. The highest BCUT2D eigenvalue weighted by Gasteiger charge is 2.09. The number of fused-ring (bicyclic) bond motifs is 1. The van der Waals surface area contributed by atoms with Gasteiger partial charge in [-0.1, -0.05) is 6.92 Å². The van der Waals surface area contributed by atoms with Gasteiger partial charge in [-0.15, -0.1) is 11.3 Å². The third-order valence-electron chi connectivity index (χ3n) is 2.35. The van der Waals surface area contributed by atoms with Crippen LogP contribution in [0.2, 0.25) is 0 Å². The number of rotatable bonds is 4. The predicted octanol–water partition coefficient (Wildman–Crippen LogP) is 3.16. The number of hydrogen-bond acceptors (Lipinski definition) is 5. The summed E-state index contributed by atoms with van der Waals surface area (Å²) >= 11 is 3.51. The zero-order valence-corrected chi connectivity index (χ0v) is 11.3. The molecule has 0 saturated heterocycles. The lowest BCUT2D eigenvalue weighted by atomic mass is 10.3. The van der Waals surface area contributed by atoms with Gasteiger partial charge in [0.15, 0.2) is 0 Å². The third-order valence-corrected chi connectivity index (χ3v) is 4.07. The van der Waals surface area contributed by atoms with Gasteiger partial charge in [-0.25, -0.2) is 9.97 Å². The number of nitrogens with zero attached hydrogens (tertiary/aromatic N) is 2. The number of hydrogen-bond donors (Lipinski definition) is 1. The number of thioether (sulfide) groups is 1. The molecule has 16 heavy (non-hydrogen) atoms. The van der Waals surface area contributed by atoms with Crippen LogP contribution in [0, 0.1) is 0 Å². The summed E-state index contributed by atoms with van der Waals surface area (Å²) in [5, 5.41) is 4.30. The molecule has 3 nitrogen and oxygen atoms in total. The van der Waals surface area contributed by atoms with Gasteiger partial charge < -0.3 is 5.32 Å². The van der Waals surface area contributed by atoms with Gasteiger partial charge in [-0.05, 0) is 18.7 Å². The molecule has 0 atom stereocenters. The first kappa shape index (κ1) is 11.7. The van der Waals surface area contributed by atoms with Gasteiger partial charge in [0.25, 0.3) is 0 Å². The van der Waals surface area contributed by atoms with E-state index in [4.69, 9.17) is 0 Å². The van der Waals surface area contributed by atoms with Gasteiger partial charge in [-0.2, -0.15) is 11.8 Å². The van der Waals surface area contributed by atoms with Crippen LogP contribution in [0.25, 0.3) is 10.2 Å². The molecule has 2 rings (SSSR count). The molecule has 2 aromatic rings. The largest absolute Gasteiger partial charge is 0.372 e. The summed E-state index contributed by atoms with van der Waals surface area (Å²) in [6, 6.07) is 2.19. The fourth-order valence-electron chi connectivity index (χ4n) is 1.57. The number of nitrogens with one attached hydrogen (secondary N) is 1. The smallest absolute Gasteiger partial charge is 0.142 e. The Kier molecular flexibility index (Phi) is 3.66. The van der Waals surface area contributed by atoms with Gasteiger partial charge in [-0.3, -0.25) is 0 Å². The highest BCUT2D eigenvalue weighted by atomic mass is 32.2. The standard InChI is InChI=1S/C11H15N3S2/c1-4-7-5-8-10(12-2)13-9(6-15-3)14-11(8)16-7/h5H,4,6H2,1-3H3,(H,12,13,14). The van der Waals surface area contributed by atoms with E-state index >= 15 is 0 Å². The Labute approximate surface area is 104 Å². The average molecular weight is 253 g/mol. The molecule has 0 aliphatic rings. The van der Waals surface area contributed by atoms with Crippen LogP contribution in [0.3, 0.4) is 0 Å². The Hall–Kier alpha value is -0.810. The lowest BCUT2D eigenvalue weighted by Crippen LogP contribution is -1.98. The second-order valence-electron chi connectivity index (χ2n) is 3.46. The molecule has 0 spiro atoms. The van der Waals surface area contributed by atoms with Crippen molar-refractivity contribution in [2.75, 3.05) is 18.6 Å². The van der Waals surface area contributed by atoms with Crippen molar-refractivity contribution in [1.82, 2.24) is 9.97 Å². The number of thiophene rings is 1. The maximum absolute atomic E-state index is 4.59. The molecule has 0 unspecified atom stereocenters. The van der Waals surface area contributed by atoms with Crippen LogP contribution in [0.5, 0.6) is 0 Å². The molecule has 2 heterocycles. The van der Waals surface area contributed by atoms with Crippen molar-refractivity contribution in [3.8, 4) is 0 Å². The monoisotopic (exact) mass is 253 g/mol. The van der Waals surface area contributed by atoms with E-state index in [1.165, 1.54) is 4.88 Å². The average Bonchev–Trinajstić information content (AvgIpc) is 2.71. The van der Waals surface area contributed by atoms with E-state index in [2.05, 4.69) is 34.5 Å². The van der Waals surface area contributed by atoms with E-state index in [0.717, 1.165) is 34.0 Å². The van der Waals surface area contributed by atoms with E-state index in [1.807, 2.05) is 7.05 Å². The molecule has 0 aliphatic carbocycles. The van der Waals surface area contributed by atoms with Gasteiger partial charge in [0.1, 0.15) is 16.5 Å². The van der Waals surface area contributed by atoms with Gasteiger partial charge in [0.2, 0.25) is 0 Å². The molecule has 0 aromatic carbocycles. The van der Waals surface area contributed by atoms with Gasteiger partial charge in [0.05, 0.1) is 11.1 Å². The summed E-state index contributed by atoms with van der Waals surface area (Å²) < 4.78 is 0. The van der Waals surface area contributed by atoms with Crippen molar-refractivity contribution in [3.05, 3.63) is 16.8 Å². The van der Waals surface area contributed by atoms with Gasteiger partial charge in [0, 0.05) is 11.9 Å². The summed E-state index contributed by atoms with van der Waals surface area (Å²) in [5.74, 6) is 2.73. The number of anilines is 1. The third kappa shape index (κ3) is 2.15. The normalized spacial score (nSPS) is 10.9. The molecule has 86 valence electrons. The van der Waals surface area contributed by atoms with Crippen LogP contribution in [-0.4, -0.2) is 23.3 Å². The van der Waals surface area contributed by atoms with E-state index in [0.29, 0.717) is 0 Å². The van der Waals surface area contributed by atoms with Crippen molar-refractivity contribution in [2.45, 2.75) is 19.1 Å². The minimum Gasteiger partial charge on any atom is -0.372 e. The van der Waals surface area contributed by atoms with Crippen LogP contribution in [0.1, 0.15) is 17.6 Å². The minimum absolute atomic E-state index is 0.865. The second kappa shape index (κ2) is 5.01. The van der Waals surface area contributed by atoms with Crippen molar-refractivity contribution in [1.29, 1.82) is 0 Å². The van der Waals surface area contributed by atoms with Crippen molar-refractivity contribution in [3.63, 3.8) is 0 Å². The molecule has 0 radical (unpaired) electrons. The quantitative estimate of drug-likeness (QED) is 0.908. The molecule has 0 amide bonds. The summed E-state index contributed by atoms with van der Waals surface area (Å²) in [6.45, 7) is 2.17. The fourth-order valence-corrected chi connectivity index (χ4v) is 2.95. The molecular weight excluding hydrogens is 238 g/mol. The van der Waals surface area contributed by atoms with Crippen LogP contribution in [-0.2, 0) is 12.2 Å². The van der Waals surface area contributed by atoms with E-state index in [9.17, 15) is 0 Å². The van der Waals surface area contributed by atoms with Crippen LogP contribution in [0.15, 0.2) is 6.07 Å². The molecule has 5 heteroatoms. The zero-order chi connectivity index (χ0) is 11.5. The van der Waals surface area contributed by atoms with E-state index in [1.54, 1.807) is 23.1 Å². The molecule has 1 N–H and O–H groups in total. The predicted molar refractivity (Wildman–Crippen MR) is 73.6 cm³/mol. The van der Waals surface area contributed by atoms with Crippen molar-refractivity contribution >= 4 is 39.1 Å². The highest BCUT2D eigenvalue weighted by molar-refractivity contribution is 7.97. The summed E-state index contributed by atoms with van der Waals surface area (Å²) in [5.41, 5.74) is 0. The Morgan fingerprint density at radius 2 is 2.25 bits per heavy atom. The lowest BCUT2D eigenvalue weighted by Gasteiger charge is -2.03. The Balaban J connectivity index is 2.56. The first-order valence-electron chi connectivity index (χ1n) is 5.24. The molecule has 0 fully saturated rings. The molecule has 0 aliphatic heterocycles. The molecule has 2 aromatic heterocycles. The first-order chi connectivity index (χ1) is 7.78. The maximum Gasteiger partial charge on any atom is 0.142 e. The van der Waals surface area contributed by atoms with Crippen LogP contribution >= 0.6 is 23.1 Å². The number of aryl methyl sites for hydroxylation is 1. The SMILES string of the molecule is CCc1cc2c(NC)nc(CSC)nc2s1. The Morgan fingerprint density at radius 1 is 1.44 bits per heavy atom. The number of aromatic nitrogens is 2. The summed E-state index contributed by atoms with van der Waals surface area (Å²) in [7, 11) is 1.91. The van der Waals surface area contributed by atoms with Gasteiger partial charge >= 0.3 is 0 Å².